The molecule has 1 atom stereocenters. The van der Waals surface area contributed by atoms with E-state index in [1.807, 2.05) is 0 Å². The van der Waals surface area contributed by atoms with Crippen LogP contribution in [-0.2, 0) is 9.47 Å². The molecule has 88 valence electrons. The molecule has 0 spiro atoms. The van der Waals surface area contributed by atoms with Crippen LogP contribution in [0.25, 0.3) is 0 Å². The summed E-state index contributed by atoms with van der Waals surface area (Å²) in [6, 6.07) is 0. The summed E-state index contributed by atoms with van der Waals surface area (Å²) in [7, 11) is 0. The molecule has 15 heavy (non-hydrogen) atoms. The second-order valence-electron chi connectivity index (χ2n) is 4.90. The first kappa shape index (κ1) is 12.3. The highest BCUT2D eigenvalue weighted by Gasteiger charge is 2.38. The highest BCUT2D eigenvalue weighted by molar-refractivity contribution is 5.69. The topological polar surface area (TPSA) is 59.0 Å². The number of hydrogen-bond donors (Lipinski definition) is 1. The minimum Gasteiger partial charge on any atom is -0.444 e. The molecule has 0 aromatic rings. The van der Waals surface area contributed by atoms with E-state index in [0.717, 1.165) is 0 Å². The van der Waals surface area contributed by atoms with E-state index >= 15 is 0 Å². The van der Waals surface area contributed by atoms with E-state index in [9.17, 15) is 9.90 Å². The third-order valence-corrected chi connectivity index (χ3v) is 2.03. The average molecular weight is 217 g/mol. The van der Waals surface area contributed by atoms with Crippen LogP contribution >= 0.6 is 0 Å². The summed E-state index contributed by atoms with van der Waals surface area (Å²) in [6.45, 7) is 7.81. The Morgan fingerprint density at radius 3 is 2.60 bits per heavy atom. The summed E-state index contributed by atoms with van der Waals surface area (Å²) in [5.41, 5.74) is -1.83. The zero-order valence-electron chi connectivity index (χ0n) is 9.74. The van der Waals surface area contributed by atoms with Crippen molar-refractivity contribution in [2.75, 3.05) is 19.8 Å². The molecule has 1 amide bonds. The van der Waals surface area contributed by atoms with Gasteiger partial charge in [0, 0.05) is 0 Å². The van der Waals surface area contributed by atoms with Crippen LogP contribution < -0.4 is 0 Å². The maximum atomic E-state index is 11.7. The van der Waals surface area contributed by atoms with Gasteiger partial charge in [-0.15, -0.1) is 0 Å². The van der Waals surface area contributed by atoms with Crippen molar-refractivity contribution >= 4 is 6.09 Å². The summed E-state index contributed by atoms with van der Waals surface area (Å²) in [5, 5.41) is 9.90. The van der Waals surface area contributed by atoms with Gasteiger partial charge in [0.25, 0.3) is 0 Å². The summed E-state index contributed by atoms with van der Waals surface area (Å²) in [6.07, 6.45) is -0.504. The number of ether oxygens (including phenoxy) is 2. The lowest BCUT2D eigenvalue weighted by Gasteiger charge is -2.40. The molecular formula is C10H19NO4. The SMILES string of the molecule is CC(C)(C)OC(=O)N1CCOCC1(C)O. The number of hydrogen-bond acceptors (Lipinski definition) is 4. The summed E-state index contributed by atoms with van der Waals surface area (Å²) < 4.78 is 10.3. The van der Waals surface area contributed by atoms with Gasteiger partial charge in [-0.3, -0.25) is 4.90 Å². The lowest BCUT2D eigenvalue weighted by atomic mass is 10.2. The second kappa shape index (κ2) is 3.98. The normalized spacial score (nSPS) is 27.7. The fraction of sp³-hybridized carbons (Fsp3) is 0.900. The van der Waals surface area contributed by atoms with E-state index in [1.165, 1.54) is 11.8 Å². The van der Waals surface area contributed by atoms with Crippen LogP contribution in [-0.4, -0.2) is 47.2 Å². The highest BCUT2D eigenvalue weighted by atomic mass is 16.6. The number of rotatable bonds is 0. The smallest absolute Gasteiger partial charge is 0.412 e. The van der Waals surface area contributed by atoms with Crippen molar-refractivity contribution in [3.63, 3.8) is 0 Å². The third-order valence-electron chi connectivity index (χ3n) is 2.03. The third kappa shape index (κ3) is 3.35. The molecule has 1 aliphatic rings. The van der Waals surface area contributed by atoms with Crippen molar-refractivity contribution in [3.8, 4) is 0 Å². The standard InChI is InChI=1S/C10H19NO4/c1-9(2,3)15-8(12)11-5-6-14-7-10(11,4)13/h13H,5-7H2,1-4H3. The number of carbonyl (C=O) groups excluding carboxylic acids is 1. The van der Waals surface area contributed by atoms with Gasteiger partial charge in [-0.1, -0.05) is 0 Å². The van der Waals surface area contributed by atoms with Gasteiger partial charge < -0.3 is 14.6 Å². The van der Waals surface area contributed by atoms with Crippen molar-refractivity contribution in [2.45, 2.75) is 39.0 Å². The number of carbonyl (C=O) groups is 1. The van der Waals surface area contributed by atoms with Crippen LogP contribution in [0.3, 0.4) is 0 Å². The number of amides is 1. The molecule has 1 heterocycles. The molecule has 0 radical (unpaired) electrons. The zero-order chi connectivity index (χ0) is 11.7. The largest absolute Gasteiger partial charge is 0.444 e. The maximum absolute atomic E-state index is 11.7. The molecule has 0 saturated carbocycles. The van der Waals surface area contributed by atoms with Gasteiger partial charge in [0.15, 0.2) is 5.72 Å². The number of morpholine rings is 1. The highest BCUT2D eigenvalue weighted by Crippen LogP contribution is 2.20. The lowest BCUT2D eigenvalue weighted by molar-refractivity contribution is -0.168. The Morgan fingerprint density at radius 1 is 1.53 bits per heavy atom. The molecule has 1 N–H and O–H groups in total. The van der Waals surface area contributed by atoms with Gasteiger partial charge >= 0.3 is 6.09 Å². The van der Waals surface area contributed by atoms with Crippen molar-refractivity contribution < 1.29 is 19.4 Å². The molecule has 0 aromatic heterocycles. The summed E-state index contributed by atoms with van der Waals surface area (Å²) >= 11 is 0. The molecule has 5 nitrogen and oxygen atoms in total. The Balaban J connectivity index is 2.65. The fourth-order valence-corrected chi connectivity index (χ4v) is 1.35. The van der Waals surface area contributed by atoms with Crippen LogP contribution in [0.5, 0.6) is 0 Å². The van der Waals surface area contributed by atoms with Crippen LogP contribution in [0.2, 0.25) is 0 Å². The Labute approximate surface area is 90.0 Å². The first-order chi connectivity index (χ1) is 6.72. The minimum absolute atomic E-state index is 0.117. The zero-order valence-corrected chi connectivity index (χ0v) is 9.74. The van der Waals surface area contributed by atoms with Crippen molar-refractivity contribution in [3.05, 3.63) is 0 Å². The molecule has 1 rings (SSSR count). The van der Waals surface area contributed by atoms with Crippen molar-refractivity contribution in [1.29, 1.82) is 0 Å². The minimum atomic E-state index is -1.28. The van der Waals surface area contributed by atoms with Crippen molar-refractivity contribution in [1.82, 2.24) is 4.90 Å². The van der Waals surface area contributed by atoms with Crippen LogP contribution in [0.4, 0.5) is 4.79 Å². The van der Waals surface area contributed by atoms with Crippen LogP contribution in [0.15, 0.2) is 0 Å². The lowest BCUT2D eigenvalue weighted by Crippen LogP contribution is -2.58. The molecule has 1 fully saturated rings. The van der Waals surface area contributed by atoms with E-state index < -0.39 is 17.4 Å². The van der Waals surface area contributed by atoms with E-state index in [0.29, 0.717) is 13.2 Å². The fourth-order valence-electron chi connectivity index (χ4n) is 1.35. The summed E-state index contributed by atoms with van der Waals surface area (Å²) in [4.78, 5) is 13.0. The Bertz CT molecular complexity index is 244. The van der Waals surface area contributed by atoms with E-state index in [4.69, 9.17) is 9.47 Å². The molecular weight excluding hydrogens is 198 g/mol. The van der Waals surface area contributed by atoms with Gasteiger partial charge in [0.1, 0.15) is 5.60 Å². The first-order valence-corrected chi connectivity index (χ1v) is 5.03. The molecule has 0 aliphatic carbocycles. The predicted molar refractivity (Wildman–Crippen MR) is 54.4 cm³/mol. The maximum Gasteiger partial charge on any atom is 0.412 e. The molecule has 1 aliphatic heterocycles. The van der Waals surface area contributed by atoms with E-state index in [-0.39, 0.29) is 6.61 Å². The average Bonchev–Trinajstić information content (AvgIpc) is 1.99. The Morgan fingerprint density at radius 2 is 2.13 bits per heavy atom. The monoisotopic (exact) mass is 217 g/mol. The van der Waals surface area contributed by atoms with Crippen LogP contribution in [0.1, 0.15) is 27.7 Å². The molecule has 0 aromatic carbocycles. The van der Waals surface area contributed by atoms with Gasteiger partial charge in [0.05, 0.1) is 19.8 Å². The van der Waals surface area contributed by atoms with Gasteiger partial charge in [0.2, 0.25) is 0 Å². The van der Waals surface area contributed by atoms with E-state index in [1.54, 1.807) is 20.8 Å². The van der Waals surface area contributed by atoms with Crippen LogP contribution in [0, 0.1) is 0 Å². The summed E-state index contributed by atoms with van der Waals surface area (Å²) in [5.74, 6) is 0. The Kier molecular flexibility index (Phi) is 3.25. The molecule has 1 unspecified atom stereocenters. The van der Waals surface area contributed by atoms with Gasteiger partial charge in [-0.2, -0.15) is 0 Å². The van der Waals surface area contributed by atoms with Gasteiger partial charge in [-0.05, 0) is 27.7 Å². The molecule has 1 saturated heterocycles. The molecule has 0 bridgehead atoms. The number of nitrogens with zero attached hydrogens (tertiary/aromatic N) is 1. The first-order valence-electron chi connectivity index (χ1n) is 5.03. The van der Waals surface area contributed by atoms with Crippen molar-refractivity contribution in [2.24, 2.45) is 0 Å². The van der Waals surface area contributed by atoms with Gasteiger partial charge in [-0.25, -0.2) is 4.79 Å². The quantitative estimate of drug-likeness (QED) is 0.656. The predicted octanol–water partition coefficient (Wildman–Crippen LogP) is 0.962. The number of aliphatic hydroxyl groups is 1. The Hall–Kier alpha value is -0.810. The van der Waals surface area contributed by atoms with E-state index in [2.05, 4.69) is 0 Å². The second-order valence-corrected chi connectivity index (χ2v) is 4.90. The molecule has 5 heteroatoms.